The molecule has 1 aliphatic rings. The number of nitrogens with one attached hydrogen (secondary N) is 1. The molecule has 0 aliphatic heterocycles. The zero-order chi connectivity index (χ0) is 12.3. The molecule has 96 valence electrons. The Morgan fingerprint density at radius 3 is 2.76 bits per heavy atom. The van der Waals surface area contributed by atoms with Crippen LogP contribution in [0.15, 0.2) is 12.3 Å². The van der Waals surface area contributed by atoms with E-state index >= 15 is 0 Å². The van der Waals surface area contributed by atoms with Crippen molar-refractivity contribution in [3.05, 3.63) is 18.0 Å². The van der Waals surface area contributed by atoms with Crippen LogP contribution in [0, 0.1) is 0 Å². The molecular weight excluding hydrogens is 214 g/mol. The van der Waals surface area contributed by atoms with Crippen molar-refractivity contribution in [2.45, 2.75) is 50.2 Å². The van der Waals surface area contributed by atoms with Gasteiger partial charge in [-0.2, -0.15) is 5.10 Å². The van der Waals surface area contributed by atoms with Gasteiger partial charge in [0.25, 0.3) is 0 Å². The summed E-state index contributed by atoms with van der Waals surface area (Å²) in [6, 6.07) is 2.62. The first-order valence-corrected chi connectivity index (χ1v) is 6.49. The monoisotopic (exact) mass is 237 g/mol. The van der Waals surface area contributed by atoms with Gasteiger partial charge in [-0.05, 0) is 51.6 Å². The van der Waals surface area contributed by atoms with E-state index in [1.165, 1.54) is 5.69 Å². The molecule has 0 amide bonds. The van der Waals surface area contributed by atoms with Crippen molar-refractivity contribution >= 4 is 0 Å². The van der Waals surface area contributed by atoms with E-state index in [1.807, 2.05) is 31.0 Å². The largest absolute Gasteiger partial charge is 0.390 e. The van der Waals surface area contributed by atoms with Crippen LogP contribution in [0.4, 0.5) is 0 Å². The Kier molecular flexibility index (Phi) is 3.84. The standard InChI is InChI=1S/C13H23N3O/c1-14-11-3-7-13(17,8-4-11)9-5-12-6-10-15-16(12)2/h6,10-11,14,17H,3-5,7-9H2,1-2H3. The van der Waals surface area contributed by atoms with Crippen LogP contribution in [0.5, 0.6) is 0 Å². The van der Waals surface area contributed by atoms with Crippen molar-refractivity contribution in [3.63, 3.8) is 0 Å². The molecule has 1 fully saturated rings. The minimum absolute atomic E-state index is 0.461. The number of nitrogens with zero attached hydrogens (tertiary/aromatic N) is 2. The molecule has 0 spiro atoms. The third-order valence-corrected chi connectivity index (χ3v) is 4.09. The summed E-state index contributed by atoms with van der Waals surface area (Å²) < 4.78 is 1.89. The molecule has 0 bridgehead atoms. The Labute approximate surface area is 103 Å². The fourth-order valence-corrected chi connectivity index (χ4v) is 2.70. The lowest BCUT2D eigenvalue weighted by atomic mass is 9.79. The van der Waals surface area contributed by atoms with E-state index in [1.54, 1.807) is 0 Å². The van der Waals surface area contributed by atoms with Crippen LogP contribution < -0.4 is 5.32 Å². The highest BCUT2D eigenvalue weighted by Gasteiger charge is 2.32. The molecule has 4 nitrogen and oxygen atoms in total. The molecule has 2 rings (SSSR count). The molecule has 0 saturated heterocycles. The normalized spacial score (nSPS) is 29.5. The summed E-state index contributed by atoms with van der Waals surface area (Å²) in [6.45, 7) is 0. The molecule has 1 aromatic rings. The molecule has 17 heavy (non-hydrogen) atoms. The molecule has 1 aliphatic carbocycles. The first-order chi connectivity index (χ1) is 8.13. The van der Waals surface area contributed by atoms with Crippen LogP contribution >= 0.6 is 0 Å². The summed E-state index contributed by atoms with van der Waals surface area (Å²) in [5.74, 6) is 0. The predicted molar refractivity (Wildman–Crippen MR) is 67.8 cm³/mol. The molecule has 1 saturated carbocycles. The van der Waals surface area contributed by atoms with Crippen molar-refractivity contribution in [1.29, 1.82) is 0 Å². The number of aromatic nitrogens is 2. The van der Waals surface area contributed by atoms with Gasteiger partial charge in [-0.1, -0.05) is 0 Å². The molecular formula is C13H23N3O. The van der Waals surface area contributed by atoms with Crippen molar-refractivity contribution < 1.29 is 5.11 Å². The zero-order valence-electron chi connectivity index (χ0n) is 10.8. The first-order valence-electron chi connectivity index (χ1n) is 6.49. The Hall–Kier alpha value is -0.870. The lowest BCUT2D eigenvalue weighted by Crippen LogP contribution is -2.40. The minimum Gasteiger partial charge on any atom is -0.390 e. The van der Waals surface area contributed by atoms with E-state index in [0.29, 0.717) is 6.04 Å². The summed E-state index contributed by atoms with van der Waals surface area (Å²) in [7, 11) is 3.96. The maximum absolute atomic E-state index is 10.5. The van der Waals surface area contributed by atoms with E-state index < -0.39 is 5.60 Å². The molecule has 1 aromatic heterocycles. The van der Waals surface area contributed by atoms with Crippen LogP contribution in [0.2, 0.25) is 0 Å². The van der Waals surface area contributed by atoms with E-state index in [9.17, 15) is 5.11 Å². The van der Waals surface area contributed by atoms with Crippen molar-refractivity contribution in [2.75, 3.05) is 7.05 Å². The molecule has 0 unspecified atom stereocenters. The van der Waals surface area contributed by atoms with Gasteiger partial charge in [0, 0.05) is 25.0 Å². The van der Waals surface area contributed by atoms with Gasteiger partial charge in [0.05, 0.1) is 5.60 Å². The molecule has 0 atom stereocenters. The molecule has 1 heterocycles. The molecule has 4 heteroatoms. The van der Waals surface area contributed by atoms with Crippen molar-refractivity contribution in [2.24, 2.45) is 7.05 Å². The van der Waals surface area contributed by atoms with Gasteiger partial charge in [-0.15, -0.1) is 0 Å². The third-order valence-electron chi connectivity index (χ3n) is 4.09. The van der Waals surface area contributed by atoms with Crippen molar-refractivity contribution in [1.82, 2.24) is 15.1 Å². The van der Waals surface area contributed by atoms with Gasteiger partial charge in [0.15, 0.2) is 0 Å². The summed E-state index contributed by atoms with van der Waals surface area (Å²) >= 11 is 0. The topological polar surface area (TPSA) is 50.1 Å². The maximum Gasteiger partial charge on any atom is 0.0652 e. The minimum atomic E-state index is -0.461. The fourth-order valence-electron chi connectivity index (χ4n) is 2.70. The van der Waals surface area contributed by atoms with Crippen LogP contribution in [0.25, 0.3) is 0 Å². The number of aryl methyl sites for hydroxylation is 2. The summed E-state index contributed by atoms with van der Waals surface area (Å²) in [6.07, 6.45) is 7.57. The Morgan fingerprint density at radius 2 is 2.24 bits per heavy atom. The number of hydrogen-bond acceptors (Lipinski definition) is 3. The average molecular weight is 237 g/mol. The highest BCUT2D eigenvalue weighted by Crippen LogP contribution is 2.32. The van der Waals surface area contributed by atoms with Gasteiger partial charge >= 0.3 is 0 Å². The van der Waals surface area contributed by atoms with Crippen LogP contribution in [-0.4, -0.2) is 33.6 Å². The van der Waals surface area contributed by atoms with Gasteiger partial charge in [0.2, 0.25) is 0 Å². The second-order valence-electron chi connectivity index (χ2n) is 5.23. The summed E-state index contributed by atoms with van der Waals surface area (Å²) in [5.41, 5.74) is 0.742. The van der Waals surface area contributed by atoms with Gasteiger partial charge in [0.1, 0.15) is 0 Å². The third kappa shape index (κ3) is 3.07. The Balaban J connectivity index is 1.85. The van der Waals surface area contributed by atoms with E-state index in [0.717, 1.165) is 38.5 Å². The number of hydrogen-bond donors (Lipinski definition) is 2. The van der Waals surface area contributed by atoms with Gasteiger partial charge < -0.3 is 10.4 Å². The van der Waals surface area contributed by atoms with E-state index in [2.05, 4.69) is 10.4 Å². The van der Waals surface area contributed by atoms with Gasteiger partial charge in [-0.3, -0.25) is 4.68 Å². The summed E-state index contributed by atoms with van der Waals surface area (Å²) in [4.78, 5) is 0. The van der Waals surface area contributed by atoms with E-state index in [4.69, 9.17) is 0 Å². The number of rotatable bonds is 4. The van der Waals surface area contributed by atoms with Crippen LogP contribution in [0.1, 0.15) is 37.8 Å². The average Bonchev–Trinajstić information content (AvgIpc) is 2.74. The van der Waals surface area contributed by atoms with Gasteiger partial charge in [-0.25, -0.2) is 0 Å². The number of aliphatic hydroxyl groups is 1. The lowest BCUT2D eigenvalue weighted by Gasteiger charge is -2.36. The van der Waals surface area contributed by atoms with Crippen LogP contribution in [-0.2, 0) is 13.5 Å². The smallest absolute Gasteiger partial charge is 0.0652 e. The molecule has 2 N–H and O–H groups in total. The highest BCUT2D eigenvalue weighted by molar-refractivity contribution is 5.02. The second-order valence-corrected chi connectivity index (χ2v) is 5.23. The van der Waals surface area contributed by atoms with Crippen LogP contribution in [0.3, 0.4) is 0 Å². The first kappa shape index (κ1) is 12.6. The maximum atomic E-state index is 10.5. The fraction of sp³-hybridized carbons (Fsp3) is 0.769. The molecule has 0 radical (unpaired) electrons. The van der Waals surface area contributed by atoms with Crippen molar-refractivity contribution in [3.8, 4) is 0 Å². The Morgan fingerprint density at radius 1 is 1.53 bits per heavy atom. The highest BCUT2D eigenvalue weighted by atomic mass is 16.3. The zero-order valence-corrected chi connectivity index (χ0v) is 10.8. The predicted octanol–water partition coefficient (Wildman–Crippen LogP) is 1.25. The SMILES string of the molecule is CNC1CCC(O)(CCc2ccnn2C)CC1. The lowest BCUT2D eigenvalue weighted by molar-refractivity contribution is -0.0104. The summed E-state index contributed by atoms with van der Waals surface area (Å²) in [5, 5.41) is 18.0. The second kappa shape index (κ2) is 5.19. The quantitative estimate of drug-likeness (QED) is 0.828. The molecule has 0 aromatic carbocycles. The Bertz CT molecular complexity index is 353. The van der Waals surface area contributed by atoms with E-state index in [-0.39, 0.29) is 0 Å².